The zero-order valence-electron chi connectivity index (χ0n) is 13.5. The molecule has 126 valence electrons. The van der Waals surface area contributed by atoms with Crippen molar-refractivity contribution in [3.63, 3.8) is 0 Å². The van der Waals surface area contributed by atoms with Crippen molar-refractivity contribution in [1.82, 2.24) is 10.6 Å². The van der Waals surface area contributed by atoms with Crippen molar-refractivity contribution in [2.24, 2.45) is 0 Å². The number of nitrogens with one attached hydrogen (secondary N) is 2. The highest BCUT2D eigenvalue weighted by atomic mass is 79.9. The molecule has 0 saturated heterocycles. The van der Waals surface area contributed by atoms with Gasteiger partial charge in [0.05, 0.1) is 0 Å². The Kier molecular flexibility index (Phi) is 8.17. The van der Waals surface area contributed by atoms with Gasteiger partial charge >= 0.3 is 6.09 Å². The molecule has 0 aliphatic carbocycles. The first-order chi connectivity index (χ1) is 10.2. The van der Waals surface area contributed by atoms with E-state index in [0.29, 0.717) is 6.54 Å². The summed E-state index contributed by atoms with van der Waals surface area (Å²) in [7, 11) is 0. The number of carbonyl (C=O) groups excluding carboxylic acids is 1. The average molecular weight is 412 g/mol. The summed E-state index contributed by atoms with van der Waals surface area (Å²) in [4.78, 5) is 12.9. The van der Waals surface area contributed by atoms with E-state index in [1.807, 2.05) is 26.8 Å². The summed E-state index contributed by atoms with van der Waals surface area (Å²) in [6, 6.07) is 2.22. The SMILES string of the molecule is CCCC(CNC(=O)OC(C)(C)C)NCc1cc(Br)c(Cl)s1. The number of alkyl carbamates (subject to hydrolysis) is 1. The molecule has 0 radical (unpaired) electrons. The summed E-state index contributed by atoms with van der Waals surface area (Å²) in [5.41, 5.74) is -0.474. The van der Waals surface area contributed by atoms with Gasteiger partial charge in [0.25, 0.3) is 0 Å². The van der Waals surface area contributed by atoms with Gasteiger partial charge in [0.2, 0.25) is 0 Å². The lowest BCUT2D eigenvalue weighted by molar-refractivity contribution is 0.0521. The van der Waals surface area contributed by atoms with E-state index in [0.717, 1.165) is 33.1 Å². The zero-order chi connectivity index (χ0) is 16.8. The summed E-state index contributed by atoms with van der Waals surface area (Å²) < 4.78 is 6.93. The van der Waals surface area contributed by atoms with Gasteiger partial charge in [-0.3, -0.25) is 0 Å². The lowest BCUT2D eigenvalue weighted by Gasteiger charge is -2.22. The van der Waals surface area contributed by atoms with Crippen LogP contribution in [-0.2, 0) is 11.3 Å². The molecule has 1 atom stereocenters. The second-order valence-electron chi connectivity index (χ2n) is 6.08. The second-order valence-corrected chi connectivity index (χ2v) is 8.68. The van der Waals surface area contributed by atoms with Crippen LogP contribution >= 0.6 is 38.9 Å². The highest BCUT2D eigenvalue weighted by Crippen LogP contribution is 2.31. The van der Waals surface area contributed by atoms with Gasteiger partial charge in [-0.05, 0) is 49.2 Å². The molecule has 1 rings (SSSR count). The summed E-state index contributed by atoms with van der Waals surface area (Å²) in [5.74, 6) is 0. The second kappa shape index (κ2) is 9.11. The van der Waals surface area contributed by atoms with Crippen LogP contribution in [0, 0.1) is 0 Å². The molecule has 0 saturated carbocycles. The number of amides is 1. The highest BCUT2D eigenvalue weighted by molar-refractivity contribution is 9.10. The monoisotopic (exact) mass is 410 g/mol. The number of ether oxygens (including phenoxy) is 1. The summed E-state index contributed by atoms with van der Waals surface area (Å²) >= 11 is 11.0. The average Bonchev–Trinajstić information content (AvgIpc) is 2.70. The Morgan fingerprint density at radius 3 is 2.68 bits per heavy atom. The number of hydrogen-bond donors (Lipinski definition) is 2. The molecule has 0 fully saturated rings. The van der Waals surface area contributed by atoms with Gasteiger partial charge in [0.1, 0.15) is 9.94 Å². The van der Waals surface area contributed by atoms with Crippen LogP contribution in [0.3, 0.4) is 0 Å². The van der Waals surface area contributed by atoms with Crippen molar-refractivity contribution < 1.29 is 9.53 Å². The highest BCUT2D eigenvalue weighted by Gasteiger charge is 2.17. The minimum Gasteiger partial charge on any atom is -0.444 e. The van der Waals surface area contributed by atoms with Gasteiger partial charge in [0, 0.05) is 28.5 Å². The van der Waals surface area contributed by atoms with Crippen molar-refractivity contribution >= 4 is 45.0 Å². The van der Waals surface area contributed by atoms with Crippen LogP contribution in [0.25, 0.3) is 0 Å². The maximum Gasteiger partial charge on any atom is 0.407 e. The Bertz CT molecular complexity index is 469. The third-order valence-corrected chi connectivity index (χ3v) is 5.26. The van der Waals surface area contributed by atoms with Crippen molar-refractivity contribution in [3.8, 4) is 0 Å². The molecule has 0 spiro atoms. The molecule has 4 nitrogen and oxygen atoms in total. The largest absolute Gasteiger partial charge is 0.444 e. The maximum absolute atomic E-state index is 11.7. The van der Waals surface area contributed by atoms with Crippen LogP contribution in [0.4, 0.5) is 4.79 Å². The van der Waals surface area contributed by atoms with Crippen LogP contribution < -0.4 is 10.6 Å². The minimum absolute atomic E-state index is 0.206. The summed E-state index contributed by atoms with van der Waals surface area (Å²) in [6.45, 7) is 8.96. The van der Waals surface area contributed by atoms with Crippen LogP contribution in [0.1, 0.15) is 45.4 Å². The van der Waals surface area contributed by atoms with Gasteiger partial charge < -0.3 is 15.4 Å². The molecule has 0 aliphatic rings. The van der Waals surface area contributed by atoms with Gasteiger partial charge in [-0.25, -0.2) is 4.79 Å². The van der Waals surface area contributed by atoms with Crippen molar-refractivity contribution in [3.05, 3.63) is 19.8 Å². The van der Waals surface area contributed by atoms with E-state index in [1.54, 1.807) is 11.3 Å². The van der Waals surface area contributed by atoms with Crippen molar-refractivity contribution in [2.45, 2.75) is 58.7 Å². The van der Waals surface area contributed by atoms with Crippen molar-refractivity contribution in [2.75, 3.05) is 6.54 Å². The number of halogens is 2. The molecule has 22 heavy (non-hydrogen) atoms. The molecule has 0 aromatic carbocycles. The molecule has 1 aromatic rings. The van der Waals surface area contributed by atoms with Crippen LogP contribution in [-0.4, -0.2) is 24.3 Å². The number of carbonyl (C=O) groups is 1. The van der Waals surface area contributed by atoms with E-state index in [1.165, 1.54) is 0 Å². The van der Waals surface area contributed by atoms with E-state index in [9.17, 15) is 4.79 Å². The number of thiophene rings is 1. The normalized spacial score (nSPS) is 13.0. The standard InChI is InChI=1S/C15H24BrClN2O2S/c1-5-6-10(8-19-14(20)21-15(2,3)4)18-9-11-7-12(16)13(17)22-11/h7,10,18H,5-6,8-9H2,1-4H3,(H,19,20). The Morgan fingerprint density at radius 1 is 1.50 bits per heavy atom. The number of rotatable bonds is 7. The van der Waals surface area contributed by atoms with E-state index in [-0.39, 0.29) is 12.1 Å². The van der Waals surface area contributed by atoms with E-state index in [2.05, 4.69) is 33.5 Å². The molecular weight excluding hydrogens is 388 g/mol. The Labute approximate surface area is 150 Å². The molecule has 1 heterocycles. The maximum atomic E-state index is 11.7. The van der Waals surface area contributed by atoms with Crippen molar-refractivity contribution in [1.29, 1.82) is 0 Å². The van der Waals surface area contributed by atoms with E-state index in [4.69, 9.17) is 16.3 Å². The molecule has 0 bridgehead atoms. The van der Waals surface area contributed by atoms with E-state index >= 15 is 0 Å². The Morgan fingerprint density at radius 2 is 2.18 bits per heavy atom. The summed E-state index contributed by atoms with van der Waals surface area (Å²) in [5, 5.41) is 6.28. The predicted octanol–water partition coefficient (Wildman–Crippen LogP) is 4.95. The summed E-state index contributed by atoms with van der Waals surface area (Å²) in [6.07, 6.45) is 1.65. The quantitative estimate of drug-likeness (QED) is 0.667. The first kappa shape index (κ1) is 19.7. The first-order valence-corrected chi connectivity index (χ1v) is 9.34. The van der Waals surface area contributed by atoms with Crippen LogP contribution in [0.2, 0.25) is 4.34 Å². The Balaban J connectivity index is 2.43. The molecule has 1 amide bonds. The van der Waals surface area contributed by atoms with E-state index < -0.39 is 5.60 Å². The van der Waals surface area contributed by atoms with Crippen LogP contribution in [0.15, 0.2) is 10.5 Å². The molecular formula is C15H24BrClN2O2S. The first-order valence-electron chi connectivity index (χ1n) is 7.35. The molecule has 0 aliphatic heterocycles. The van der Waals surface area contributed by atoms with Gasteiger partial charge in [0.15, 0.2) is 0 Å². The molecule has 1 unspecified atom stereocenters. The fraction of sp³-hybridized carbons (Fsp3) is 0.667. The van der Waals surface area contributed by atoms with Gasteiger partial charge in [-0.1, -0.05) is 24.9 Å². The number of hydrogen-bond acceptors (Lipinski definition) is 4. The molecule has 2 N–H and O–H groups in total. The van der Waals surface area contributed by atoms with Gasteiger partial charge in [-0.2, -0.15) is 0 Å². The Hall–Kier alpha value is -0.300. The van der Waals surface area contributed by atoms with Gasteiger partial charge in [-0.15, -0.1) is 11.3 Å². The fourth-order valence-electron chi connectivity index (χ4n) is 1.87. The smallest absolute Gasteiger partial charge is 0.407 e. The fourth-order valence-corrected chi connectivity index (χ4v) is 3.61. The predicted molar refractivity (Wildman–Crippen MR) is 96.8 cm³/mol. The minimum atomic E-state index is -0.474. The lowest BCUT2D eigenvalue weighted by Crippen LogP contribution is -2.42. The zero-order valence-corrected chi connectivity index (χ0v) is 16.6. The third kappa shape index (κ3) is 7.81. The van der Waals surface area contributed by atoms with Crippen LogP contribution in [0.5, 0.6) is 0 Å². The lowest BCUT2D eigenvalue weighted by atomic mass is 10.1. The molecule has 1 aromatic heterocycles. The third-order valence-electron chi connectivity index (χ3n) is 2.79. The molecule has 7 heteroatoms. The topological polar surface area (TPSA) is 50.4 Å².